The first-order valence-corrected chi connectivity index (χ1v) is 6.89. The van der Waals surface area contributed by atoms with Gasteiger partial charge in [0.25, 0.3) is 0 Å². The lowest BCUT2D eigenvalue weighted by atomic mass is 9.91. The van der Waals surface area contributed by atoms with Crippen LogP contribution in [0.25, 0.3) is 0 Å². The smallest absolute Gasteiger partial charge is 0.161 e. The van der Waals surface area contributed by atoms with Gasteiger partial charge in [-0.3, -0.25) is 0 Å². The van der Waals surface area contributed by atoms with Crippen LogP contribution in [0.3, 0.4) is 0 Å². The van der Waals surface area contributed by atoms with E-state index >= 15 is 0 Å². The minimum absolute atomic E-state index is 0.0276. The summed E-state index contributed by atoms with van der Waals surface area (Å²) in [5.74, 6) is 1.99. The number of hydrogen-bond acceptors (Lipinski definition) is 2. The van der Waals surface area contributed by atoms with Crippen molar-refractivity contribution < 1.29 is 9.47 Å². The highest BCUT2D eigenvalue weighted by atomic mass is 35.5. The molecule has 3 heteroatoms. The van der Waals surface area contributed by atoms with E-state index in [1.165, 1.54) is 0 Å². The van der Waals surface area contributed by atoms with Gasteiger partial charge in [0.1, 0.15) is 0 Å². The first-order valence-electron chi connectivity index (χ1n) is 6.45. The fourth-order valence-electron chi connectivity index (χ4n) is 2.25. The molecular formula is C15H23ClO2. The van der Waals surface area contributed by atoms with Crippen LogP contribution in [-0.4, -0.2) is 14.2 Å². The van der Waals surface area contributed by atoms with Crippen LogP contribution in [0.1, 0.15) is 43.2 Å². The SMILES string of the molecule is CCC(CC)C(Cl)c1cc(OC)c(OC)cc1C. The van der Waals surface area contributed by atoms with Crippen molar-refractivity contribution in [2.24, 2.45) is 5.92 Å². The molecule has 0 amide bonds. The highest BCUT2D eigenvalue weighted by molar-refractivity contribution is 6.21. The van der Waals surface area contributed by atoms with Crippen LogP contribution in [0, 0.1) is 12.8 Å². The highest BCUT2D eigenvalue weighted by Gasteiger charge is 2.21. The Hall–Kier alpha value is -0.890. The van der Waals surface area contributed by atoms with Crippen LogP contribution in [0.2, 0.25) is 0 Å². The van der Waals surface area contributed by atoms with Gasteiger partial charge in [0.15, 0.2) is 11.5 Å². The van der Waals surface area contributed by atoms with E-state index in [9.17, 15) is 0 Å². The maximum absolute atomic E-state index is 6.61. The van der Waals surface area contributed by atoms with Gasteiger partial charge in [-0.2, -0.15) is 0 Å². The number of ether oxygens (including phenoxy) is 2. The summed E-state index contributed by atoms with van der Waals surface area (Å²) < 4.78 is 10.6. The molecule has 1 aromatic rings. The molecule has 1 atom stereocenters. The Morgan fingerprint density at radius 2 is 1.56 bits per heavy atom. The zero-order chi connectivity index (χ0) is 13.7. The standard InChI is InChI=1S/C15H23ClO2/c1-6-11(7-2)15(16)12-9-14(18-5)13(17-4)8-10(12)3/h8-9,11,15H,6-7H2,1-5H3. The summed E-state index contributed by atoms with van der Waals surface area (Å²) in [5, 5.41) is 0.0276. The lowest BCUT2D eigenvalue weighted by Crippen LogP contribution is -2.08. The van der Waals surface area contributed by atoms with E-state index < -0.39 is 0 Å². The number of benzene rings is 1. The van der Waals surface area contributed by atoms with Gasteiger partial charge in [0, 0.05) is 0 Å². The van der Waals surface area contributed by atoms with Crippen LogP contribution in [0.5, 0.6) is 11.5 Å². The van der Waals surface area contributed by atoms with Gasteiger partial charge >= 0.3 is 0 Å². The molecule has 1 unspecified atom stereocenters. The first-order chi connectivity index (χ1) is 8.58. The van der Waals surface area contributed by atoms with Crippen molar-refractivity contribution in [1.29, 1.82) is 0 Å². The number of hydrogen-bond donors (Lipinski definition) is 0. The zero-order valence-electron chi connectivity index (χ0n) is 11.9. The molecule has 2 nitrogen and oxygen atoms in total. The Balaban J connectivity index is 3.16. The third kappa shape index (κ3) is 3.11. The van der Waals surface area contributed by atoms with Crippen LogP contribution in [0.4, 0.5) is 0 Å². The van der Waals surface area contributed by atoms with Gasteiger partial charge in [0.2, 0.25) is 0 Å². The molecule has 0 saturated carbocycles. The summed E-state index contributed by atoms with van der Waals surface area (Å²) in [6.45, 7) is 6.42. The molecule has 102 valence electrons. The third-order valence-electron chi connectivity index (χ3n) is 3.53. The first kappa shape index (κ1) is 15.2. The fraction of sp³-hybridized carbons (Fsp3) is 0.600. The molecule has 0 saturated heterocycles. The van der Waals surface area contributed by atoms with Crippen molar-refractivity contribution in [3.05, 3.63) is 23.3 Å². The van der Waals surface area contributed by atoms with Gasteiger partial charge in [-0.15, -0.1) is 11.6 Å². The zero-order valence-corrected chi connectivity index (χ0v) is 12.7. The summed E-state index contributed by atoms with van der Waals surface area (Å²) in [5.41, 5.74) is 2.29. The Labute approximate surface area is 115 Å². The summed E-state index contributed by atoms with van der Waals surface area (Å²) in [6.07, 6.45) is 2.16. The molecule has 0 radical (unpaired) electrons. The number of alkyl halides is 1. The van der Waals surface area contributed by atoms with Crippen molar-refractivity contribution in [3.8, 4) is 11.5 Å². The normalized spacial score (nSPS) is 12.6. The molecule has 0 aliphatic carbocycles. The van der Waals surface area contributed by atoms with Crippen LogP contribution in [0.15, 0.2) is 12.1 Å². The lowest BCUT2D eigenvalue weighted by molar-refractivity contribution is 0.353. The van der Waals surface area contributed by atoms with Crippen LogP contribution >= 0.6 is 11.6 Å². The summed E-state index contributed by atoms with van der Waals surface area (Å²) in [7, 11) is 3.30. The molecule has 0 fully saturated rings. The van der Waals surface area contributed by atoms with E-state index in [-0.39, 0.29) is 5.38 Å². The second-order valence-electron chi connectivity index (χ2n) is 4.54. The maximum atomic E-state index is 6.61. The Bertz CT molecular complexity index is 386. The Kier molecular flexibility index (Phi) is 5.80. The number of aryl methyl sites for hydroxylation is 1. The van der Waals surface area contributed by atoms with E-state index in [0.29, 0.717) is 5.92 Å². The van der Waals surface area contributed by atoms with E-state index in [0.717, 1.165) is 35.5 Å². The monoisotopic (exact) mass is 270 g/mol. The predicted molar refractivity (Wildman–Crippen MR) is 76.9 cm³/mol. The molecule has 1 rings (SSSR count). The van der Waals surface area contributed by atoms with Crippen molar-refractivity contribution in [2.75, 3.05) is 14.2 Å². The maximum Gasteiger partial charge on any atom is 0.161 e. The Morgan fingerprint density at radius 3 is 2.00 bits per heavy atom. The fourth-order valence-corrected chi connectivity index (χ4v) is 2.84. The van der Waals surface area contributed by atoms with Crippen molar-refractivity contribution in [2.45, 2.75) is 39.0 Å². The van der Waals surface area contributed by atoms with Gasteiger partial charge in [-0.05, 0) is 36.1 Å². The van der Waals surface area contributed by atoms with E-state index in [1.54, 1.807) is 14.2 Å². The van der Waals surface area contributed by atoms with Crippen molar-refractivity contribution >= 4 is 11.6 Å². The number of methoxy groups -OCH3 is 2. The minimum atomic E-state index is 0.0276. The topological polar surface area (TPSA) is 18.5 Å². The number of halogens is 1. The van der Waals surface area contributed by atoms with E-state index in [2.05, 4.69) is 20.8 Å². The average molecular weight is 271 g/mol. The van der Waals surface area contributed by atoms with Crippen LogP contribution in [-0.2, 0) is 0 Å². The second kappa shape index (κ2) is 6.89. The third-order valence-corrected chi connectivity index (χ3v) is 4.12. The highest BCUT2D eigenvalue weighted by Crippen LogP contribution is 2.39. The van der Waals surface area contributed by atoms with Crippen LogP contribution < -0.4 is 9.47 Å². The van der Waals surface area contributed by atoms with E-state index in [1.807, 2.05) is 12.1 Å². The molecule has 0 aliphatic rings. The van der Waals surface area contributed by atoms with Crippen molar-refractivity contribution in [1.82, 2.24) is 0 Å². The lowest BCUT2D eigenvalue weighted by Gasteiger charge is -2.22. The molecule has 0 aromatic heterocycles. The molecule has 0 heterocycles. The van der Waals surface area contributed by atoms with Crippen molar-refractivity contribution in [3.63, 3.8) is 0 Å². The van der Waals surface area contributed by atoms with Gasteiger partial charge in [0.05, 0.1) is 19.6 Å². The molecule has 18 heavy (non-hydrogen) atoms. The molecule has 0 aliphatic heterocycles. The molecule has 1 aromatic carbocycles. The predicted octanol–water partition coefficient (Wildman–Crippen LogP) is 4.73. The summed E-state index contributed by atoms with van der Waals surface area (Å²) >= 11 is 6.61. The van der Waals surface area contributed by atoms with Gasteiger partial charge in [-0.25, -0.2) is 0 Å². The summed E-state index contributed by atoms with van der Waals surface area (Å²) in [4.78, 5) is 0. The molecular weight excluding hydrogens is 248 g/mol. The Morgan fingerprint density at radius 1 is 1.06 bits per heavy atom. The quantitative estimate of drug-likeness (QED) is 0.696. The average Bonchev–Trinajstić information content (AvgIpc) is 2.39. The molecule has 0 spiro atoms. The minimum Gasteiger partial charge on any atom is -0.493 e. The molecule has 0 bridgehead atoms. The largest absolute Gasteiger partial charge is 0.493 e. The second-order valence-corrected chi connectivity index (χ2v) is 5.01. The van der Waals surface area contributed by atoms with E-state index in [4.69, 9.17) is 21.1 Å². The number of rotatable bonds is 6. The van der Waals surface area contributed by atoms with Gasteiger partial charge < -0.3 is 9.47 Å². The van der Waals surface area contributed by atoms with Gasteiger partial charge in [-0.1, -0.05) is 26.7 Å². The molecule has 0 N–H and O–H groups in total. The summed E-state index contributed by atoms with van der Waals surface area (Å²) in [6, 6.07) is 4.00.